The van der Waals surface area contributed by atoms with Gasteiger partial charge in [-0.1, -0.05) is 23.8 Å². The first-order chi connectivity index (χ1) is 12.1. The minimum absolute atomic E-state index is 0.126. The van der Waals surface area contributed by atoms with Crippen molar-refractivity contribution in [1.29, 1.82) is 0 Å². The molecule has 1 saturated heterocycles. The van der Waals surface area contributed by atoms with E-state index in [1.807, 2.05) is 12.3 Å². The molecule has 0 aliphatic carbocycles. The molecule has 1 amide bonds. The van der Waals surface area contributed by atoms with Crippen LogP contribution in [0.4, 0.5) is 0 Å². The number of hydrogen-bond acceptors (Lipinski definition) is 3. The first-order valence-corrected chi connectivity index (χ1v) is 9.16. The number of furan rings is 1. The highest BCUT2D eigenvalue weighted by Crippen LogP contribution is 2.18. The van der Waals surface area contributed by atoms with E-state index in [4.69, 9.17) is 4.42 Å². The monoisotopic (exact) mass is 340 g/mol. The van der Waals surface area contributed by atoms with E-state index in [1.54, 1.807) is 6.26 Å². The third-order valence-electron chi connectivity index (χ3n) is 5.03. The fourth-order valence-electron chi connectivity index (χ4n) is 3.59. The van der Waals surface area contributed by atoms with Crippen molar-refractivity contribution >= 4 is 5.91 Å². The number of hydrogen-bond donors (Lipinski definition) is 1. The van der Waals surface area contributed by atoms with Crippen LogP contribution in [0.3, 0.4) is 0 Å². The maximum atomic E-state index is 12.3. The van der Waals surface area contributed by atoms with E-state index in [0.717, 1.165) is 31.7 Å². The lowest BCUT2D eigenvalue weighted by atomic mass is 9.97. The molecule has 2 heterocycles. The molecule has 4 heteroatoms. The summed E-state index contributed by atoms with van der Waals surface area (Å²) in [4.78, 5) is 14.8. The van der Waals surface area contributed by atoms with Gasteiger partial charge in [0.1, 0.15) is 0 Å². The van der Waals surface area contributed by atoms with Crippen molar-refractivity contribution in [2.24, 2.45) is 5.92 Å². The Morgan fingerprint density at radius 3 is 3.00 bits per heavy atom. The number of carbonyl (C=O) groups is 1. The summed E-state index contributed by atoms with van der Waals surface area (Å²) in [6.45, 7) is 8.00. The van der Waals surface area contributed by atoms with Gasteiger partial charge in [-0.3, -0.25) is 9.69 Å². The van der Waals surface area contributed by atoms with Gasteiger partial charge in [0.05, 0.1) is 18.9 Å². The molecule has 1 unspecified atom stereocenters. The van der Waals surface area contributed by atoms with Crippen molar-refractivity contribution in [1.82, 2.24) is 10.2 Å². The lowest BCUT2D eigenvalue weighted by Gasteiger charge is -2.32. The van der Waals surface area contributed by atoms with Crippen LogP contribution in [0, 0.1) is 19.8 Å². The largest absolute Gasteiger partial charge is 0.472 e. The van der Waals surface area contributed by atoms with Crippen LogP contribution in [0.15, 0.2) is 41.2 Å². The van der Waals surface area contributed by atoms with E-state index in [2.05, 4.69) is 42.3 Å². The number of carbonyl (C=O) groups excluding carboxylic acids is 1. The van der Waals surface area contributed by atoms with Crippen LogP contribution in [-0.4, -0.2) is 30.4 Å². The standard InChI is InChI=1S/C21H28N2O2/c1-16-5-6-17(2)20(10-16)11-21(24)22-12-18-4-3-8-23(13-18)14-19-7-9-25-15-19/h5-7,9-10,15,18H,3-4,8,11-14H2,1-2H3,(H,22,24). The molecule has 134 valence electrons. The third kappa shape index (κ3) is 5.20. The summed E-state index contributed by atoms with van der Waals surface area (Å²) in [7, 11) is 0. The molecule has 1 atom stereocenters. The number of nitrogens with one attached hydrogen (secondary N) is 1. The molecule has 2 aromatic rings. The van der Waals surface area contributed by atoms with E-state index in [0.29, 0.717) is 12.3 Å². The summed E-state index contributed by atoms with van der Waals surface area (Å²) in [6, 6.07) is 8.32. The second-order valence-corrected chi connectivity index (χ2v) is 7.29. The molecule has 0 bridgehead atoms. The molecule has 1 N–H and O–H groups in total. The van der Waals surface area contributed by atoms with Crippen molar-refractivity contribution in [2.75, 3.05) is 19.6 Å². The molecule has 0 radical (unpaired) electrons. The Balaban J connectivity index is 1.46. The zero-order valence-corrected chi connectivity index (χ0v) is 15.3. The van der Waals surface area contributed by atoms with Crippen LogP contribution in [0.2, 0.25) is 0 Å². The van der Waals surface area contributed by atoms with E-state index in [1.165, 1.54) is 29.5 Å². The van der Waals surface area contributed by atoms with E-state index < -0.39 is 0 Å². The van der Waals surface area contributed by atoms with Crippen molar-refractivity contribution in [3.63, 3.8) is 0 Å². The van der Waals surface area contributed by atoms with E-state index in [-0.39, 0.29) is 5.91 Å². The van der Waals surface area contributed by atoms with Crippen molar-refractivity contribution in [2.45, 2.75) is 39.7 Å². The van der Waals surface area contributed by atoms with Crippen LogP contribution < -0.4 is 5.32 Å². The first-order valence-electron chi connectivity index (χ1n) is 9.16. The summed E-state index contributed by atoms with van der Waals surface area (Å²) < 4.78 is 5.15. The predicted molar refractivity (Wildman–Crippen MR) is 99.3 cm³/mol. The quantitative estimate of drug-likeness (QED) is 0.876. The Hall–Kier alpha value is -2.07. The number of aryl methyl sites for hydroxylation is 2. The summed E-state index contributed by atoms with van der Waals surface area (Å²) in [6.07, 6.45) is 6.39. The Kier molecular flexibility index (Phi) is 5.92. The van der Waals surface area contributed by atoms with Gasteiger partial charge in [0.2, 0.25) is 5.91 Å². The minimum Gasteiger partial charge on any atom is -0.472 e. The number of amides is 1. The molecule has 25 heavy (non-hydrogen) atoms. The Morgan fingerprint density at radius 1 is 1.32 bits per heavy atom. The molecule has 3 rings (SSSR count). The first kappa shape index (κ1) is 17.7. The van der Waals surface area contributed by atoms with Gasteiger partial charge in [-0.05, 0) is 56.3 Å². The fraction of sp³-hybridized carbons (Fsp3) is 0.476. The minimum atomic E-state index is 0.126. The lowest BCUT2D eigenvalue weighted by molar-refractivity contribution is -0.120. The average Bonchev–Trinajstić information content (AvgIpc) is 3.10. The Morgan fingerprint density at radius 2 is 2.20 bits per heavy atom. The van der Waals surface area contributed by atoms with Crippen LogP contribution in [0.5, 0.6) is 0 Å². The molecule has 1 fully saturated rings. The lowest BCUT2D eigenvalue weighted by Crippen LogP contribution is -2.40. The zero-order chi connectivity index (χ0) is 17.6. The van der Waals surface area contributed by atoms with Gasteiger partial charge in [0.15, 0.2) is 0 Å². The molecule has 1 aromatic heterocycles. The molecule has 1 aromatic carbocycles. The van der Waals surface area contributed by atoms with Crippen LogP contribution in [-0.2, 0) is 17.8 Å². The second kappa shape index (κ2) is 8.34. The summed E-state index contributed by atoms with van der Waals surface area (Å²) in [5.74, 6) is 0.656. The smallest absolute Gasteiger partial charge is 0.224 e. The fourth-order valence-corrected chi connectivity index (χ4v) is 3.59. The SMILES string of the molecule is Cc1ccc(C)c(CC(=O)NCC2CCCN(Cc3ccoc3)C2)c1. The van der Waals surface area contributed by atoms with Gasteiger partial charge in [-0.2, -0.15) is 0 Å². The Bertz CT molecular complexity index is 694. The molecule has 4 nitrogen and oxygen atoms in total. The van der Waals surface area contributed by atoms with E-state index in [9.17, 15) is 4.79 Å². The van der Waals surface area contributed by atoms with Crippen LogP contribution >= 0.6 is 0 Å². The molecule has 0 saturated carbocycles. The average molecular weight is 340 g/mol. The van der Waals surface area contributed by atoms with Gasteiger partial charge in [-0.15, -0.1) is 0 Å². The highest BCUT2D eigenvalue weighted by molar-refractivity contribution is 5.79. The molecule has 0 spiro atoms. The highest BCUT2D eigenvalue weighted by Gasteiger charge is 2.20. The second-order valence-electron chi connectivity index (χ2n) is 7.29. The molecular formula is C21H28N2O2. The maximum Gasteiger partial charge on any atom is 0.224 e. The number of benzene rings is 1. The molecule has 1 aliphatic rings. The van der Waals surface area contributed by atoms with Crippen molar-refractivity contribution in [3.8, 4) is 0 Å². The summed E-state index contributed by atoms with van der Waals surface area (Å²) in [5.41, 5.74) is 4.74. The van der Waals surface area contributed by atoms with E-state index >= 15 is 0 Å². The van der Waals surface area contributed by atoms with Gasteiger partial charge >= 0.3 is 0 Å². The van der Waals surface area contributed by atoms with Crippen molar-refractivity contribution in [3.05, 3.63) is 59.0 Å². The van der Waals surface area contributed by atoms with Gasteiger partial charge < -0.3 is 9.73 Å². The van der Waals surface area contributed by atoms with Gasteiger partial charge in [0, 0.05) is 25.2 Å². The van der Waals surface area contributed by atoms with Crippen LogP contribution in [0.1, 0.15) is 35.1 Å². The third-order valence-corrected chi connectivity index (χ3v) is 5.03. The molecular weight excluding hydrogens is 312 g/mol. The highest BCUT2D eigenvalue weighted by atomic mass is 16.3. The normalized spacial score (nSPS) is 18.2. The molecule has 1 aliphatic heterocycles. The number of likely N-dealkylation sites (tertiary alicyclic amines) is 1. The number of nitrogens with zero attached hydrogens (tertiary/aromatic N) is 1. The summed E-state index contributed by atoms with van der Waals surface area (Å²) >= 11 is 0. The zero-order valence-electron chi connectivity index (χ0n) is 15.3. The predicted octanol–water partition coefficient (Wildman–Crippen LogP) is 3.47. The summed E-state index contributed by atoms with van der Waals surface area (Å²) in [5, 5.41) is 3.14. The topological polar surface area (TPSA) is 45.5 Å². The van der Waals surface area contributed by atoms with Gasteiger partial charge in [-0.25, -0.2) is 0 Å². The van der Waals surface area contributed by atoms with Crippen molar-refractivity contribution < 1.29 is 9.21 Å². The van der Waals surface area contributed by atoms with Crippen LogP contribution in [0.25, 0.3) is 0 Å². The number of rotatable bonds is 6. The number of piperidine rings is 1. The Labute approximate surface area is 150 Å². The van der Waals surface area contributed by atoms with Gasteiger partial charge in [0.25, 0.3) is 0 Å². The maximum absolute atomic E-state index is 12.3.